The zero-order chi connectivity index (χ0) is 16.7. The molecule has 0 spiro atoms. The number of aliphatic hydroxyl groups excluding tert-OH is 1. The van der Waals surface area contributed by atoms with Crippen LogP contribution in [0.1, 0.15) is 12.8 Å². The van der Waals surface area contributed by atoms with Crippen molar-refractivity contribution in [2.45, 2.75) is 28.5 Å². The molecule has 118 valence electrons. The molecule has 0 aromatic carbocycles. The Balaban J connectivity index is 0. The topological polar surface area (TPSA) is 173 Å². The maximum atomic E-state index is 10.3. The quantitative estimate of drug-likeness (QED) is 0.278. The number of alkyl halides is 3. The summed E-state index contributed by atoms with van der Waals surface area (Å²) < 4.78 is -1.97. The molecule has 0 atom stereocenters. The van der Waals surface area contributed by atoms with Crippen molar-refractivity contribution in [2.24, 2.45) is 0 Å². The molecule has 6 N–H and O–H groups in total. The first-order valence-corrected chi connectivity index (χ1v) is 5.68. The van der Waals surface area contributed by atoms with E-state index in [1.807, 2.05) is 0 Å². The molecule has 0 radical (unpaired) electrons. The smallest absolute Gasteiger partial charge is 0.336 e. The second-order valence-electron chi connectivity index (χ2n) is 3.39. The molecule has 0 rings (SSSR count). The number of hydrogen-bond donors (Lipinski definition) is 6. The van der Waals surface area contributed by atoms with Gasteiger partial charge >= 0.3 is 17.9 Å². The van der Waals surface area contributed by atoms with Crippen LogP contribution >= 0.6 is 34.8 Å². The van der Waals surface area contributed by atoms with E-state index in [4.69, 9.17) is 65.4 Å². The van der Waals surface area contributed by atoms with Gasteiger partial charge in [-0.1, -0.05) is 34.8 Å². The van der Waals surface area contributed by atoms with Crippen LogP contribution in [-0.4, -0.2) is 64.2 Å². The summed E-state index contributed by atoms with van der Waals surface area (Å²) in [6.45, 7) is 0. The summed E-state index contributed by atoms with van der Waals surface area (Å²) in [4.78, 5) is 30.5. The molecular formula is C8H11Cl3O9. The van der Waals surface area contributed by atoms with Gasteiger partial charge in [0.1, 0.15) is 0 Å². The van der Waals surface area contributed by atoms with E-state index in [2.05, 4.69) is 0 Å². The van der Waals surface area contributed by atoms with Gasteiger partial charge in [0.05, 0.1) is 12.8 Å². The fourth-order valence-electron chi connectivity index (χ4n) is 0.714. The number of carboxylic acids is 3. The molecule has 0 aliphatic carbocycles. The molecular weight excluding hydrogens is 346 g/mol. The monoisotopic (exact) mass is 356 g/mol. The first-order chi connectivity index (χ1) is 8.72. The van der Waals surface area contributed by atoms with E-state index >= 15 is 0 Å². The summed E-state index contributed by atoms with van der Waals surface area (Å²) in [7, 11) is 0. The number of aliphatic carboxylic acids is 3. The average molecular weight is 358 g/mol. The molecule has 0 amide bonds. The second kappa shape index (κ2) is 8.45. The summed E-state index contributed by atoms with van der Waals surface area (Å²) in [6.07, 6.45) is -4.19. The van der Waals surface area contributed by atoms with Gasteiger partial charge in [0.25, 0.3) is 0 Å². The Hall–Kier alpha value is -0.840. The molecule has 0 aliphatic heterocycles. The van der Waals surface area contributed by atoms with Gasteiger partial charge in [0.15, 0.2) is 11.9 Å². The summed E-state index contributed by atoms with van der Waals surface area (Å²) in [5.74, 6) is -5.02. The lowest BCUT2D eigenvalue weighted by Crippen LogP contribution is -2.42. The van der Waals surface area contributed by atoms with Gasteiger partial charge in [-0.3, -0.25) is 9.59 Å². The van der Waals surface area contributed by atoms with Gasteiger partial charge < -0.3 is 30.6 Å². The van der Waals surface area contributed by atoms with Gasteiger partial charge in [0.2, 0.25) is 3.79 Å². The highest BCUT2D eigenvalue weighted by Gasteiger charge is 2.40. The molecule has 0 saturated carbocycles. The van der Waals surface area contributed by atoms with Crippen LogP contribution in [0.5, 0.6) is 0 Å². The van der Waals surface area contributed by atoms with Crippen molar-refractivity contribution >= 4 is 52.7 Å². The normalized spacial score (nSPS) is 11.6. The number of carboxylic acid groups (broad SMARTS) is 3. The van der Waals surface area contributed by atoms with Crippen molar-refractivity contribution in [1.29, 1.82) is 0 Å². The average Bonchev–Trinajstić information content (AvgIpc) is 2.13. The Morgan fingerprint density at radius 3 is 1.25 bits per heavy atom. The largest absolute Gasteiger partial charge is 0.481 e. The third-order valence-corrected chi connectivity index (χ3v) is 2.16. The number of rotatable bonds is 5. The van der Waals surface area contributed by atoms with E-state index in [0.29, 0.717) is 0 Å². The van der Waals surface area contributed by atoms with Crippen molar-refractivity contribution in [3.63, 3.8) is 0 Å². The van der Waals surface area contributed by atoms with Crippen LogP contribution in [0.25, 0.3) is 0 Å². The predicted octanol–water partition coefficient (Wildman–Crippen LogP) is -0.581. The first kappa shape index (κ1) is 21.5. The summed E-state index contributed by atoms with van der Waals surface area (Å²) in [5.41, 5.74) is -2.74. The number of carbonyl (C=O) groups is 3. The lowest BCUT2D eigenvalue weighted by atomic mass is 9.96. The standard InChI is InChI=1S/C6H8O7.C2H3Cl3O2/c7-3(8)1-6(13,5(11)12)2-4(9)10;3-2(4,5)1(6)7/h13H,1-2H2,(H,7,8)(H,9,10)(H,11,12);1,6-7H. The molecule has 0 aromatic rings. The summed E-state index contributed by atoms with van der Waals surface area (Å²) >= 11 is 14.7. The maximum Gasteiger partial charge on any atom is 0.336 e. The van der Waals surface area contributed by atoms with Crippen LogP contribution in [0.2, 0.25) is 0 Å². The Morgan fingerprint density at radius 1 is 0.900 bits per heavy atom. The number of hydrogen-bond acceptors (Lipinski definition) is 6. The van der Waals surface area contributed by atoms with Crippen molar-refractivity contribution < 1.29 is 45.0 Å². The Labute approximate surface area is 126 Å². The lowest BCUT2D eigenvalue weighted by Gasteiger charge is -2.18. The molecule has 0 aromatic heterocycles. The van der Waals surface area contributed by atoms with Gasteiger partial charge in [-0.15, -0.1) is 0 Å². The van der Waals surface area contributed by atoms with Gasteiger partial charge in [0, 0.05) is 0 Å². The minimum absolute atomic E-state index is 1.14. The zero-order valence-electron chi connectivity index (χ0n) is 9.53. The van der Waals surface area contributed by atoms with Crippen molar-refractivity contribution in [3.8, 4) is 0 Å². The van der Waals surface area contributed by atoms with Crippen molar-refractivity contribution in [1.82, 2.24) is 0 Å². The second-order valence-corrected chi connectivity index (χ2v) is 5.76. The highest BCUT2D eigenvalue weighted by atomic mass is 35.6. The van der Waals surface area contributed by atoms with Crippen LogP contribution in [0, 0.1) is 0 Å². The number of halogens is 3. The molecule has 0 bridgehead atoms. The van der Waals surface area contributed by atoms with E-state index in [0.717, 1.165) is 0 Å². The van der Waals surface area contributed by atoms with E-state index in [1.54, 1.807) is 0 Å². The van der Waals surface area contributed by atoms with Crippen LogP contribution in [0.4, 0.5) is 0 Å². The van der Waals surface area contributed by atoms with E-state index in [-0.39, 0.29) is 0 Å². The van der Waals surface area contributed by atoms with Gasteiger partial charge in [-0.2, -0.15) is 0 Å². The predicted molar refractivity (Wildman–Crippen MR) is 65.6 cm³/mol. The van der Waals surface area contributed by atoms with Crippen LogP contribution in [0.3, 0.4) is 0 Å². The minimum Gasteiger partial charge on any atom is -0.481 e. The van der Waals surface area contributed by atoms with Gasteiger partial charge in [-0.05, 0) is 0 Å². The SMILES string of the molecule is O=C(O)CC(O)(CC(=O)O)C(=O)O.OC(O)C(Cl)(Cl)Cl. The fraction of sp³-hybridized carbons (Fsp3) is 0.625. The Bertz CT molecular complexity index is 347. The lowest BCUT2D eigenvalue weighted by molar-refractivity contribution is -0.170. The fourth-order valence-corrected chi connectivity index (χ4v) is 0.714. The summed E-state index contributed by atoms with van der Waals surface area (Å²) in [5, 5.41) is 49.9. The summed E-state index contributed by atoms with van der Waals surface area (Å²) in [6, 6.07) is 0. The molecule has 12 heteroatoms. The number of aliphatic hydroxyl groups is 3. The molecule has 0 saturated heterocycles. The van der Waals surface area contributed by atoms with Crippen molar-refractivity contribution in [2.75, 3.05) is 0 Å². The minimum atomic E-state index is -2.74. The molecule has 0 aliphatic rings. The van der Waals surface area contributed by atoms with Crippen LogP contribution in [-0.2, 0) is 14.4 Å². The maximum absolute atomic E-state index is 10.3. The zero-order valence-corrected chi connectivity index (χ0v) is 11.8. The highest BCUT2D eigenvalue weighted by molar-refractivity contribution is 6.67. The van der Waals surface area contributed by atoms with Gasteiger partial charge in [-0.25, -0.2) is 4.79 Å². The molecule has 9 nitrogen and oxygen atoms in total. The van der Waals surface area contributed by atoms with E-state index < -0.39 is 46.4 Å². The van der Waals surface area contributed by atoms with E-state index in [9.17, 15) is 14.4 Å². The molecule has 0 fully saturated rings. The first-order valence-electron chi connectivity index (χ1n) is 4.54. The Kier molecular flexibility index (Phi) is 9.06. The molecule has 20 heavy (non-hydrogen) atoms. The Morgan fingerprint density at radius 2 is 1.15 bits per heavy atom. The highest BCUT2D eigenvalue weighted by Crippen LogP contribution is 2.28. The molecule has 0 heterocycles. The van der Waals surface area contributed by atoms with Crippen molar-refractivity contribution in [3.05, 3.63) is 0 Å². The van der Waals surface area contributed by atoms with E-state index in [1.165, 1.54) is 0 Å². The third-order valence-electron chi connectivity index (χ3n) is 1.58. The van der Waals surface area contributed by atoms with Crippen LogP contribution < -0.4 is 0 Å². The van der Waals surface area contributed by atoms with Crippen LogP contribution in [0.15, 0.2) is 0 Å². The molecule has 0 unspecified atom stereocenters. The third kappa shape index (κ3) is 10.0.